The number of ether oxygens (including phenoxy) is 1. The fourth-order valence-electron chi connectivity index (χ4n) is 2.45. The summed E-state index contributed by atoms with van der Waals surface area (Å²) < 4.78 is 7.18. The van der Waals surface area contributed by atoms with Gasteiger partial charge in [-0.3, -0.25) is 4.79 Å². The number of rotatable bonds is 5. The number of fused-ring (bicyclic) bond motifs is 1. The standard InChI is InChI=1S/C18H15N5O2S/c1-12-20-21-18-23(12)22-17(26-18)14-9-5-6-10-15(14)19-16(24)11-25-13-7-3-2-4-8-13/h2-10H,11H2,1H3,(H,19,24). The second-order valence-corrected chi connectivity index (χ2v) is 6.50. The van der Waals surface area contributed by atoms with Crippen LogP contribution in [-0.4, -0.2) is 32.3 Å². The molecule has 130 valence electrons. The van der Waals surface area contributed by atoms with Crippen LogP contribution in [0.15, 0.2) is 54.6 Å². The second-order valence-electron chi connectivity index (χ2n) is 5.54. The van der Waals surface area contributed by atoms with Crippen molar-refractivity contribution >= 4 is 27.9 Å². The van der Waals surface area contributed by atoms with Gasteiger partial charge in [-0.05, 0) is 31.2 Å². The van der Waals surface area contributed by atoms with Crippen LogP contribution in [0.2, 0.25) is 0 Å². The molecular formula is C18H15N5O2S. The monoisotopic (exact) mass is 365 g/mol. The van der Waals surface area contributed by atoms with E-state index in [1.165, 1.54) is 11.3 Å². The quantitative estimate of drug-likeness (QED) is 0.587. The number of hydrogen-bond donors (Lipinski definition) is 1. The van der Waals surface area contributed by atoms with Gasteiger partial charge in [0.05, 0.1) is 5.69 Å². The maximum atomic E-state index is 12.3. The third kappa shape index (κ3) is 3.27. The maximum absolute atomic E-state index is 12.3. The Morgan fingerprint density at radius 3 is 2.69 bits per heavy atom. The molecular weight excluding hydrogens is 350 g/mol. The molecule has 2 aromatic carbocycles. The Labute approximate surface area is 153 Å². The summed E-state index contributed by atoms with van der Waals surface area (Å²) in [5, 5.41) is 16.3. The Morgan fingerprint density at radius 1 is 1.12 bits per heavy atom. The molecule has 0 radical (unpaired) electrons. The number of aromatic nitrogens is 4. The minimum atomic E-state index is -0.236. The summed E-state index contributed by atoms with van der Waals surface area (Å²) in [6.07, 6.45) is 0. The highest BCUT2D eigenvalue weighted by Crippen LogP contribution is 2.31. The van der Waals surface area contributed by atoms with E-state index in [9.17, 15) is 4.79 Å². The van der Waals surface area contributed by atoms with Gasteiger partial charge in [-0.15, -0.1) is 10.2 Å². The Balaban J connectivity index is 1.53. The van der Waals surface area contributed by atoms with Gasteiger partial charge in [0.1, 0.15) is 10.8 Å². The fraction of sp³-hybridized carbons (Fsp3) is 0.111. The van der Waals surface area contributed by atoms with Crippen LogP contribution >= 0.6 is 11.3 Å². The SMILES string of the molecule is Cc1nnc2sc(-c3ccccc3NC(=O)COc3ccccc3)nn12. The molecule has 0 saturated heterocycles. The van der Waals surface area contributed by atoms with Crippen LogP contribution in [0.1, 0.15) is 5.82 Å². The maximum Gasteiger partial charge on any atom is 0.262 e. The molecule has 1 N–H and O–H groups in total. The molecule has 0 unspecified atom stereocenters. The highest BCUT2D eigenvalue weighted by molar-refractivity contribution is 7.19. The number of nitrogens with zero attached hydrogens (tertiary/aromatic N) is 4. The van der Waals surface area contributed by atoms with E-state index in [1.54, 1.807) is 4.52 Å². The molecule has 4 aromatic rings. The number of para-hydroxylation sites is 2. The lowest BCUT2D eigenvalue weighted by Gasteiger charge is -2.10. The summed E-state index contributed by atoms with van der Waals surface area (Å²) in [5.41, 5.74) is 1.51. The van der Waals surface area contributed by atoms with Gasteiger partial charge in [-0.1, -0.05) is 41.7 Å². The van der Waals surface area contributed by atoms with Gasteiger partial charge in [0, 0.05) is 5.56 Å². The van der Waals surface area contributed by atoms with Crippen LogP contribution in [0.4, 0.5) is 5.69 Å². The van der Waals surface area contributed by atoms with E-state index in [4.69, 9.17) is 4.74 Å². The second kappa shape index (κ2) is 6.93. The number of benzene rings is 2. The Hall–Kier alpha value is -3.26. The normalized spacial score (nSPS) is 10.8. The van der Waals surface area contributed by atoms with E-state index in [-0.39, 0.29) is 12.5 Å². The molecule has 0 aliphatic rings. The van der Waals surface area contributed by atoms with Crippen molar-refractivity contribution in [2.75, 3.05) is 11.9 Å². The van der Waals surface area contributed by atoms with Crippen LogP contribution < -0.4 is 10.1 Å². The smallest absolute Gasteiger partial charge is 0.262 e. The van der Waals surface area contributed by atoms with Crippen molar-refractivity contribution in [3.05, 3.63) is 60.4 Å². The largest absolute Gasteiger partial charge is 0.484 e. The van der Waals surface area contributed by atoms with Crippen LogP contribution in [-0.2, 0) is 4.79 Å². The van der Waals surface area contributed by atoms with Gasteiger partial charge < -0.3 is 10.1 Å². The number of anilines is 1. The number of carbonyl (C=O) groups is 1. The lowest BCUT2D eigenvalue weighted by Crippen LogP contribution is -2.20. The van der Waals surface area contributed by atoms with Crippen LogP contribution in [0.3, 0.4) is 0 Å². The molecule has 2 aromatic heterocycles. The van der Waals surface area contributed by atoms with Crippen LogP contribution in [0, 0.1) is 6.92 Å². The van der Waals surface area contributed by atoms with Crippen molar-refractivity contribution < 1.29 is 9.53 Å². The minimum Gasteiger partial charge on any atom is -0.484 e. The predicted octanol–water partition coefficient (Wildman–Crippen LogP) is 3.18. The zero-order valence-electron chi connectivity index (χ0n) is 13.9. The van der Waals surface area contributed by atoms with E-state index in [2.05, 4.69) is 20.6 Å². The molecule has 26 heavy (non-hydrogen) atoms. The average Bonchev–Trinajstić information content (AvgIpc) is 3.24. The lowest BCUT2D eigenvalue weighted by molar-refractivity contribution is -0.118. The summed E-state index contributed by atoms with van der Waals surface area (Å²) in [7, 11) is 0. The highest BCUT2D eigenvalue weighted by Gasteiger charge is 2.15. The number of carbonyl (C=O) groups excluding carboxylic acids is 1. The van der Waals surface area contributed by atoms with Gasteiger partial charge in [0.2, 0.25) is 4.96 Å². The molecule has 4 rings (SSSR count). The van der Waals surface area contributed by atoms with Crippen LogP contribution in [0.5, 0.6) is 5.75 Å². The van der Waals surface area contributed by atoms with Crippen molar-refractivity contribution in [2.45, 2.75) is 6.92 Å². The number of nitrogens with one attached hydrogen (secondary N) is 1. The van der Waals surface area contributed by atoms with Crippen LogP contribution in [0.25, 0.3) is 15.5 Å². The minimum absolute atomic E-state index is 0.0669. The van der Waals surface area contributed by atoms with Gasteiger partial charge in [-0.2, -0.15) is 9.61 Å². The van der Waals surface area contributed by atoms with Crippen molar-refractivity contribution in [3.8, 4) is 16.3 Å². The van der Waals surface area contributed by atoms with Crippen molar-refractivity contribution in [1.82, 2.24) is 19.8 Å². The summed E-state index contributed by atoms with van der Waals surface area (Å²) in [6.45, 7) is 1.78. The summed E-state index contributed by atoms with van der Waals surface area (Å²) >= 11 is 1.42. The number of aryl methyl sites for hydroxylation is 1. The molecule has 7 nitrogen and oxygen atoms in total. The topological polar surface area (TPSA) is 81.4 Å². The molecule has 0 aliphatic heterocycles. The fourth-order valence-corrected chi connectivity index (χ4v) is 3.38. The third-order valence-electron chi connectivity index (χ3n) is 3.69. The summed E-state index contributed by atoms with van der Waals surface area (Å²) in [6, 6.07) is 16.7. The number of hydrogen-bond acceptors (Lipinski definition) is 6. The first-order valence-corrected chi connectivity index (χ1v) is 8.78. The van der Waals surface area contributed by atoms with E-state index in [0.29, 0.717) is 16.4 Å². The predicted molar refractivity (Wildman–Crippen MR) is 99.4 cm³/mol. The van der Waals surface area contributed by atoms with Gasteiger partial charge in [-0.25, -0.2) is 0 Å². The van der Waals surface area contributed by atoms with E-state index in [1.807, 2.05) is 61.5 Å². The molecule has 0 aliphatic carbocycles. The Kier molecular flexibility index (Phi) is 4.32. The molecule has 2 heterocycles. The van der Waals surface area contributed by atoms with Gasteiger partial charge in [0.25, 0.3) is 5.91 Å². The average molecular weight is 365 g/mol. The molecule has 0 bridgehead atoms. The van der Waals surface area contributed by atoms with Gasteiger partial charge in [0.15, 0.2) is 12.4 Å². The van der Waals surface area contributed by atoms with Crippen molar-refractivity contribution in [2.24, 2.45) is 0 Å². The van der Waals surface area contributed by atoms with Crippen molar-refractivity contribution in [1.29, 1.82) is 0 Å². The zero-order chi connectivity index (χ0) is 17.9. The van der Waals surface area contributed by atoms with E-state index in [0.717, 1.165) is 16.4 Å². The van der Waals surface area contributed by atoms with Crippen molar-refractivity contribution in [3.63, 3.8) is 0 Å². The zero-order valence-corrected chi connectivity index (χ0v) is 14.7. The number of amides is 1. The molecule has 1 amide bonds. The molecule has 8 heteroatoms. The first-order chi connectivity index (χ1) is 12.7. The first kappa shape index (κ1) is 16.2. The lowest BCUT2D eigenvalue weighted by atomic mass is 10.2. The molecule has 0 fully saturated rings. The highest BCUT2D eigenvalue weighted by atomic mass is 32.1. The Morgan fingerprint density at radius 2 is 1.88 bits per heavy atom. The molecule has 0 saturated carbocycles. The van der Waals surface area contributed by atoms with E-state index < -0.39 is 0 Å². The van der Waals surface area contributed by atoms with Gasteiger partial charge >= 0.3 is 0 Å². The summed E-state index contributed by atoms with van der Waals surface area (Å²) in [4.78, 5) is 13.0. The third-order valence-corrected chi connectivity index (χ3v) is 4.62. The van der Waals surface area contributed by atoms with E-state index >= 15 is 0 Å². The molecule has 0 spiro atoms. The first-order valence-electron chi connectivity index (χ1n) is 7.96. The molecule has 0 atom stereocenters. The Bertz CT molecular complexity index is 1060. The summed E-state index contributed by atoms with van der Waals surface area (Å²) in [5.74, 6) is 1.14.